The Kier molecular flexibility index (Phi) is 4.62. The van der Waals surface area contributed by atoms with E-state index in [9.17, 15) is 5.11 Å². The van der Waals surface area contributed by atoms with Crippen molar-refractivity contribution in [3.05, 3.63) is 29.8 Å². The van der Waals surface area contributed by atoms with Crippen LogP contribution in [0.4, 0.5) is 0 Å². The zero-order valence-electron chi connectivity index (χ0n) is 11.8. The molecule has 0 saturated heterocycles. The second kappa shape index (κ2) is 5.57. The van der Waals surface area contributed by atoms with Crippen LogP contribution >= 0.6 is 0 Å². The highest BCUT2D eigenvalue weighted by Gasteiger charge is 2.21. The first kappa shape index (κ1) is 14.1. The lowest BCUT2D eigenvalue weighted by molar-refractivity contribution is 0.336. The summed E-state index contributed by atoms with van der Waals surface area (Å²) in [6.45, 7) is 11.5. The van der Waals surface area contributed by atoms with Crippen LogP contribution in [0.2, 0.25) is 0 Å². The summed E-state index contributed by atoms with van der Waals surface area (Å²) < 4.78 is 0. The summed E-state index contributed by atoms with van der Waals surface area (Å²) in [4.78, 5) is 0. The lowest BCUT2D eigenvalue weighted by Crippen LogP contribution is -2.19. The molecule has 1 atom stereocenters. The van der Waals surface area contributed by atoms with Crippen molar-refractivity contribution in [2.75, 3.05) is 0 Å². The Morgan fingerprint density at radius 3 is 2.06 bits per heavy atom. The van der Waals surface area contributed by atoms with Gasteiger partial charge in [-0.25, -0.2) is 0 Å². The van der Waals surface area contributed by atoms with Gasteiger partial charge in [0.1, 0.15) is 5.75 Å². The molecule has 0 aliphatic rings. The number of phenols is 1. The van der Waals surface area contributed by atoms with Crippen molar-refractivity contribution in [2.24, 2.45) is 11.8 Å². The third-order valence-corrected chi connectivity index (χ3v) is 4.01. The third kappa shape index (κ3) is 4.07. The number of hydrogen-bond acceptors (Lipinski definition) is 1. The largest absolute Gasteiger partial charge is 0.508 e. The Morgan fingerprint density at radius 2 is 1.59 bits per heavy atom. The Labute approximate surface area is 106 Å². The fraction of sp³-hybridized carbons (Fsp3) is 0.625. The van der Waals surface area contributed by atoms with Crippen LogP contribution in [0.1, 0.15) is 53.0 Å². The van der Waals surface area contributed by atoms with Gasteiger partial charge in [-0.05, 0) is 47.8 Å². The SMILES string of the molecule is CC(C)C(C)CCC(C)(C)c1ccc(O)cc1. The van der Waals surface area contributed by atoms with Crippen molar-refractivity contribution in [3.8, 4) is 5.75 Å². The molecule has 1 aromatic carbocycles. The molecule has 1 unspecified atom stereocenters. The highest BCUT2D eigenvalue weighted by Crippen LogP contribution is 2.32. The maximum atomic E-state index is 9.31. The van der Waals surface area contributed by atoms with Crippen LogP contribution in [0, 0.1) is 11.8 Å². The van der Waals surface area contributed by atoms with Crippen LogP contribution in [-0.4, -0.2) is 5.11 Å². The summed E-state index contributed by atoms with van der Waals surface area (Å²) >= 11 is 0. The second-order valence-electron chi connectivity index (χ2n) is 6.19. The Bertz CT molecular complexity index is 335. The Hall–Kier alpha value is -0.980. The normalized spacial score (nSPS) is 14.0. The highest BCUT2D eigenvalue weighted by molar-refractivity contribution is 5.30. The predicted octanol–water partition coefficient (Wildman–Crippen LogP) is 4.74. The van der Waals surface area contributed by atoms with Crippen molar-refractivity contribution in [2.45, 2.75) is 52.9 Å². The molecule has 0 radical (unpaired) electrons. The van der Waals surface area contributed by atoms with E-state index in [2.05, 4.69) is 34.6 Å². The minimum absolute atomic E-state index is 0.191. The molecule has 1 heteroatoms. The van der Waals surface area contributed by atoms with Crippen LogP contribution in [0.15, 0.2) is 24.3 Å². The van der Waals surface area contributed by atoms with Gasteiger partial charge in [-0.2, -0.15) is 0 Å². The van der Waals surface area contributed by atoms with Gasteiger partial charge in [-0.3, -0.25) is 0 Å². The van der Waals surface area contributed by atoms with Gasteiger partial charge < -0.3 is 5.11 Å². The average Bonchev–Trinajstić information content (AvgIpc) is 2.26. The molecule has 0 spiro atoms. The van der Waals surface area contributed by atoms with E-state index in [1.807, 2.05) is 12.1 Å². The Morgan fingerprint density at radius 1 is 1.06 bits per heavy atom. The molecule has 96 valence electrons. The molecule has 0 amide bonds. The predicted molar refractivity (Wildman–Crippen MR) is 74.4 cm³/mol. The van der Waals surface area contributed by atoms with Crippen molar-refractivity contribution in [3.63, 3.8) is 0 Å². The first-order valence-corrected chi connectivity index (χ1v) is 6.62. The number of phenolic OH excluding ortho intramolecular Hbond substituents is 1. The van der Waals surface area contributed by atoms with Gasteiger partial charge in [0, 0.05) is 0 Å². The van der Waals surface area contributed by atoms with Crippen LogP contribution < -0.4 is 0 Å². The van der Waals surface area contributed by atoms with Crippen LogP contribution in [-0.2, 0) is 5.41 Å². The summed E-state index contributed by atoms with van der Waals surface area (Å²) in [5.74, 6) is 1.87. The molecular weight excluding hydrogens is 208 g/mol. The first-order chi connectivity index (χ1) is 7.83. The molecule has 1 N–H and O–H groups in total. The standard InChI is InChI=1S/C16H26O/c1-12(2)13(3)10-11-16(4,5)14-6-8-15(17)9-7-14/h6-9,12-13,17H,10-11H2,1-5H3. The van der Waals surface area contributed by atoms with Crippen LogP contribution in [0.5, 0.6) is 5.75 Å². The molecule has 1 aromatic rings. The lowest BCUT2D eigenvalue weighted by atomic mass is 9.77. The number of rotatable bonds is 5. The second-order valence-corrected chi connectivity index (χ2v) is 6.19. The first-order valence-electron chi connectivity index (χ1n) is 6.62. The minimum atomic E-state index is 0.191. The minimum Gasteiger partial charge on any atom is -0.508 e. The molecule has 0 bridgehead atoms. The van der Waals surface area contributed by atoms with Crippen molar-refractivity contribution in [1.82, 2.24) is 0 Å². The molecule has 17 heavy (non-hydrogen) atoms. The summed E-state index contributed by atoms with van der Waals surface area (Å²) in [5, 5.41) is 9.31. The number of benzene rings is 1. The van der Waals surface area contributed by atoms with Gasteiger partial charge in [0.2, 0.25) is 0 Å². The van der Waals surface area contributed by atoms with E-state index in [1.54, 1.807) is 12.1 Å². The third-order valence-electron chi connectivity index (χ3n) is 4.01. The molecule has 0 fully saturated rings. The molecule has 0 aromatic heterocycles. The van der Waals surface area contributed by atoms with E-state index in [0.29, 0.717) is 5.75 Å². The van der Waals surface area contributed by atoms with E-state index in [-0.39, 0.29) is 5.41 Å². The number of aromatic hydroxyl groups is 1. The quantitative estimate of drug-likeness (QED) is 0.780. The van der Waals surface area contributed by atoms with E-state index >= 15 is 0 Å². The molecular formula is C16H26O. The van der Waals surface area contributed by atoms with Gasteiger partial charge in [0.15, 0.2) is 0 Å². The molecule has 0 aliphatic heterocycles. The maximum absolute atomic E-state index is 9.31. The van der Waals surface area contributed by atoms with Crippen LogP contribution in [0.25, 0.3) is 0 Å². The zero-order chi connectivity index (χ0) is 13.1. The van der Waals surface area contributed by atoms with Crippen molar-refractivity contribution in [1.29, 1.82) is 0 Å². The summed E-state index contributed by atoms with van der Waals surface area (Å²) in [6, 6.07) is 7.64. The summed E-state index contributed by atoms with van der Waals surface area (Å²) in [7, 11) is 0. The molecule has 0 saturated carbocycles. The fourth-order valence-electron chi connectivity index (χ4n) is 1.98. The molecule has 0 heterocycles. The van der Waals surface area contributed by atoms with E-state index in [4.69, 9.17) is 0 Å². The lowest BCUT2D eigenvalue weighted by Gasteiger charge is -2.28. The number of hydrogen-bond donors (Lipinski definition) is 1. The summed E-state index contributed by atoms with van der Waals surface area (Å²) in [5.41, 5.74) is 1.50. The molecule has 1 nitrogen and oxygen atoms in total. The topological polar surface area (TPSA) is 20.2 Å². The monoisotopic (exact) mass is 234 g/mol. The van der Waals surface area contributed by atoms with Crippen molar-refractivity contribution >= 4 is 0 Å². The Balaban J connectivity index is 2.65. The fourth-order valence-corrected chi connectivity index (χ4v) is 1.98. The smallest absolute Gasteiger partial charge is 0.115 e. The van der Waals surface area contributed by atoms with E-state index in [0.717, 1.165) is 11.8 Å². The molecule has 1 rings (SSSR count). The maximum Gasteiger partial charge on any atom is 0.115 e. The van der Waals surface area contributed by atoms with Gasteiger partial charge in [0.05, 0.1) is 0 Å². The zero-order valence-corrected chi connectivity index (χ0v) is 11.8. The van der Waals surface area contributed by atoms with Gasteiger partial charge in [0.25, 0.3) is 0 Å². The van der Waals surface area contributed by atoms with Crippen LogP contribution in [0.3, 0.4) is 0 Å². The summed E-state index contributed by atoms with van der Waals surface area (Å²) in [6.07, 6.45) is 2.45. The molecule has 0 aliphatic carbocycles. The van der Waals surface area contributed by atoms with E-state index in [1.165, 1.54) is 18.4 Å². The highest BCUT2D eigenvalue weighted by atomic mass is 16.3. The van der Waals surface area contributed by atoms with E-state index < -0.39 is 0 Å². The van der Waals surface area contributed by atoms with Gasteiger partial charge in [-0.1, -0.05) is 46.8 Å². The average molecular weight is 234 g/mol. The van der Waals surface area contributed by atoms with Crippen molar-refractivity contribution < 1.29 is 5.11 Å². The van der Waals surface area contributed by atoms with Gasteiger partial charge >= 0.3 is 0 Å². The van der Waals surface area contributed by atoms with Gasteiger partial charge in [-0.15, -0.1) is 0 Å².